The third-order valence-electron chi connectivity index (χ3n) is 3.00. The molecule has 0 aromatic rings. The maximum atomic E-state index is 5.38. The van der Waals surface area contributed by atoms with Crippen LogP contribution in [-0.2, 0) is 9.47 Å². The summed E-state index contributed by atoms with van der Waals surface area (Å²) in [5, 5.41) is 1.02. The number of rotatable bonds is 5. The summed E-state index contributed by atoms with van der Waals surface area (Å²) in [4.78, 5) is 9.29. The fourth-order valence-electron chi connectivity index (χ4n) is 1.98. The quantitative estimate of drug-likeness (QED) is 0.577. The summed E-state index contributed by atoms with van der Waals surface area (Å²) >= 11 is 3.44. The van der Waals surface area contributed by atoms with Gasteiger partial charge in [0.25, 0.3) is 0 Å². The smallest absolute Gasteiger partial charge is 0.209 e. The minimum Gasteiger partial charge on any atom is -0.483 e. The fraction of sp³-hybridized carbons (Fsp3) is 0.846. The van der Waals surface area contributed by atoms with Crippen molar-refractivity contribution in [1.29, 1.82) is 0 Å². The molecule has 5 heteroatoms. The van der Waals surface area contributed by atoms with Gasteiger partial charge in [-0.05, 0) is 25.2 Å². The summed E-state index contributed by atoms with van der Waals surface area (Å²) in [5.74, 6) is 1.83. The van der Waals surface area contributed by atoms with E-state index in [0.717, 1.165) is 36.4 Å². The van der Waals surface area contributed by atoms with Gasteiger partial charge in [-0.2, -0.15) is 0 Å². The molecule has 0 saturated carbocycles. The lowest BCUT2D eigenvalue weighted by molar-refractivity contribution is 0.330. The first-order valence-electron chi connectivity index (χ1n) is 6.43. The van der Waals surface area contributed by atoms with Crippen molar-refractivity contribution in [3.8, 4) is 0 Å². The van der Waals surface area contributed by atoms with E-state index in [1.54, 1.807) is 14.2 Å². The van der Waals surface area contributed by atoms with Gasteiger partial charge in [0.1, 0.15) is 12.1 Å². The van der Waals surface area contributed by atoms with Crippen LogP contribution in [0.15, 0.2) is 9.98 Å². The average Bonchev–Trinajstić information content (AvgIpc) is 2.38. The number of halogens is 1. The molecule has 104 valence electrons. The van der Waals surface area contributed by atoms with Crippen molar-refractivity contribution in [1.82, 2.24) is 0 Å². The van der Waals surface area contributed by atoms with Gasteiger partial charge in [-0.15, -0.1) is 0 Å². The first-order valence-corrected chi connectivity index (χ1v) is 7.55. The molecule has 0 bridgehead atoms. The van der Waals surface area contributed by atoms with E-state index in [2.05, 4.69) is 39.8 Å². The molecular formula is C13H23BrN2O2. The van der Waals surface area contributed by atoms with Crippen molar-refractivity contribution in [3.63, 3.8) is 0 Å². The van der Waals surface area contributed by atoms with Gasteiger partial charge in [-0.25, -0.2) is 9.98 Å². The summed E-state index contributed by atoms with van der Waals surface area (Å²) < 4.78 is 10.8. The van der Waals surface area contributed by atoms with Crippen LogP contribution in [0.2, 0.25) is 0 Å². The first-order chi connectivity index (χ1) is 8.63. The number of ether oxygens (including phenoxy) is 2. The van der Waals surface area contributed by atoms with Crippen LogP contribution >= 0.6 is 15.9 Å². The van der Waals surface area contributed by atoms with E-state index in [1.165, 1.54) is 0 Å². The average molecular weight is 319 g/mol. The van der Waals surface area contributed by atoms with Gasteiger partial charge < -0.3 is 9.47 Å². The highest BCUT2D eigenvalue weighted by atomic mass is 79.9. The Kier molecular flexibility index (Phi) is 6.68. The van der Waals surface area contributed by atoms with E-state index in [-0.39, 0.29) is 12.1 Å². The highest BCUT2D eigenvalue weighted by Gasteiger charge is 2.30. The summed E-state index contributed by atoms with van der Waals surface area (Å²) in [6.45, 7) is 4.22. The molecule has 1 heterocycles. The number of nitrogens with zero attached hydrogens (tertiary/aromatic N) is 2. The highest BCUT2D eigenvalue weighted by molar-refractivity contribution is 9.09. The van der Waals surface area contributed by atoms with Gasteiger partial charge in [0, 0.05) is 5.33 Å². The number of hydrogen-bond donors (Lipinski definition) is 0. The minimum absolute atomic E-state index is 0.0130. The van der Waals surface area contributed by atoms with E-state index < -0.39 is 0 Å². The van der Waals surface area contributed by atoms with Crippen molar-refractivity contribution in [2.24, 2.45) is 15.9 Å². The molecule has 18 heavy (non-hydrogen) atoms. The fourth-order valence-corrected chi connectivity index (χ4v) is 2.38. The maximum Gasteiger partial charge on any atom is 0.209 e. The Hall–Kier alpha value is -0.580. The predicted octanol–water partition coefficient (Wildman–Crippen LogP) is 3.05. The van der Waals surface area contributed by atoms with Gasteiger partial charge in [0.05, 0.1) is 14.2 Å². The summed E-state index contributed by atoms with van der Waals surface area (Å²) in [7, 11) is 3.33. The molecule has 1 aliphatic heterocycles. The SMILES string of the molecule is COC1=N[C@H](C(C)C)C(OC)=N[C@H]1CCCCBr. The van der Waals surface area contributed by atoms with Gasteiger partial charge in [-0.3, -0.25) is 0 Å². The van der Waals surface area contributed by atoms with Gasteiger partial charge in [-0.1, -0.05) is 29.8 Å². The normalized spacial score (nSPS) is 23.7. The van der Waals surface area contributed by atoms with Crippen LogP contribution in [0.25, 0.3) is 0 Å². The molecule has 0 amide bonds. The summed E-state index contributed by atoms with van der Waals surface area (Å²) in [6.07, 6.45) is 3.19. The second-order valence-electron chi connectivity index (χ2n) is 4.73. The number of alkyl halides is 1. The standard InChI is InChI=1S/C13H23BrN2O2/c1-9(2)11-13(18-4)15-10(7-5-6-8-14)12(16-11)17-3/h9-11H,5-8H2,1-4H3/t10-,11+/m0/s1. The lowest BCUT2D eigenvalue weighted by atomic mass is 10.0. The molecule has 4 nitrogen and oxygen atoms in total. The van der Waals surface area contributed by atoms with Crippen LogP contribution < -0.4 is 0 Å². The van der Waals surface area contributed by atoms with E-state index in [1.807, 2.05) is 0 Å². The van der Waals surface area contributed by atoms with Crippen molar-refractivity contribution >= 4 is 27.7 Å². The van der Waals surface area contributed by atoms with Crippen molar-refractivity contribution in [2.45, 2.75) is 45.2 Å². The zero-order valence-corrected chi connectivity index (χ0v) is 13.2. The first kappa shape index (κ1) is 15.5. The molecule has 1 rings (SSSR count). The number of methoxy groups -OCH3 is 2. The van der Waals surface area contributed by atoms with Crippen molar-refractivity contribution in [2.75, 3.05) is 19.5 Å². The second kappa shape index (κ2) is 7.77. The lowest BCUT2D eigenvalue weighted by Crippen LogP contribution is -2.37. The van der Waals surface area contributed by atoms with E-state index >= 15 is 0 Å². The maximum absolute atomic E-state index is 5.38. The Bertz CT molecular complexity index is 316. The molecule has 0 saturated heterocycles. The summed E-state index contributed by atoms with van der Waals surface area (Å²) in [6, 6.07) is -0.00336. The molecule has 1 aliphatic rings. The van der Waals surface area contributed by atoms with E-state index in [4.69, 9.17) is 9.47 Å². The van der Waals surface area contributed by atoms with Crippen molar-refractivity contribution in [3.05, 3.63) is 0 Å². The van der Waals surface area contributed by atoms with E-state index in [9.17, 15) is 0 Å². The van der Waals surface area contributed by atoms with Crippen LogP contribution in [0.4, 0.5) is 0 Å². The van der Waals surface area contributed by atoms with Gasteiger partial charge in [0.15, 0.2) is 0 Å². The zero-order chi connectivity index (χ0) is 13.5. The molecule has 0 radical (unpaired) electrons. The van der Waals surface area contributed by atoms with Crippen LogP contribution in [0.3, 0.4) is 0 Å². The van der Waals surface area contributed by atoms with Gasteiger partial charge >= 0.3 is 0 Å². The molecule has 0 aromatic carbocycles. The topological polar surface area (TPSA) is 43.2 Å². The summed E-state index contributed by atoms with van der Waals surface area (Å²) in [5.41, 5.74) is 0. The Morgan fingerprint density at radius 1 is 1.11 bits per heavy atom. The molecular weight excluding hydrogens is 296 g/mol. The van der Waals surface area contributed by atoms with Crippen LogP contribution in [0.5, 0.6) is 0 Å². The van der Waals surface area contributed by atoms with Crippen LogP contribution in [0.1, 0.15) is 33.1 Å². The van der Waals surface area contributed by atoms with Crippen LogP contribution in [-0.4, -0.2) is 43.4 Å². The third kappa shape index (κ3) is 3.97. The highest BCUT2D eigenvalue weighted by Crippen LogP contribution is 2.20. The Balaban J connectivity index is 2.78. The third-order valence-corrected chi connectivity index (χ3v) is 3.56. The molecule has 0 aliphatic carbocycles. The lowest BCUT2D eigenvalue weighted by Gasteiger charge is -2.27. The molecule has 0 N–H and O–H groups in total. The Morgan fingerprint density at radius 2 is 1.78 bits per heavy atom. The number of hydrogen-bond acceptors (Lipinski definition) is 4. The zero-order valence-electron chi connectivity index (χ0n) is 11.6. The minimum atomic E-state index is -0.0163. The van der Waals surface area contributed by atoms with E-state index in [0.29, 0.717) is 5.92 Å². The second-order valence-corrected chi connectivity index (χ2v) is 5.53. The van der Waals surface area contributed by atoms with Gasteiger partial charge in [0.2, 0.25) is 11.8 Å². The largest absolute Gasteiger partial charge is 0.483 e. The number of aliphatic imine (C=N–C) groups is 2. The van der Waals surface area contributed by atoms with Crippen LogP contribution in [0, 0.1) is 5.92 Å². The Morgan fingerprint density at radius 3 is 2.28 bits per heavy atom. The molecule has 0 spiro atoms. The predicted molar refractivity (Wildman–Crippen MR) is 78.9 cm³/mol. The molecule has 0 unspecified atom stereocenters. The molecule has 0 fully saturated rings. The monoisotopic (exact) mass is 318 g/mol. The molecule has 0 aromatic heterocycles. The molecule has 2 atom stereocenters. The number of unbranched alkanes of at least 4 members (excludes halogenated alkanes) is 1. The Labute approximate surface area is 118 Å². The van der Waals surface area contributed by atoms with Crippen molar-refractivity contribution < 1.29 is 9.47 Å².